The number of para-hydroxylation sites is 1. The summed E-state index contributed by atoms with van der Waals surface area (Å²) in [6.07, 6.45) is 4.01. The van der Waals surface area contributed by atoms with E-state index >= 15 is 0 Å². The fourth-order valence-electron chi connectivity index (χ4n) is 3.05. The third-order valence-corrected chi connectivity index (χ3v) is 4.42. The monoisotopic (exact) mass is 340 g/mol. The minimum Gasteiger partial charge on any atom is -0.494 e. The zero-order chi connectivity index (χ0) is 15.9. The largest absolute Gasteiger partial charge is 0.494 e. The van der Waals surface area contributed by atoms with Crippen molar-refractivity contribution in [2.24, 2.45) is 11.7 Å². The van der Waals surface area contributed by atoms with Gasteiger partial charge in [-0.1, -0.05) is 25.1 Å². The number of amides is 1. The molecular weight excluding hydrogens is 312 g/mol. The van der Waals surface area contributed by atoms with Gasteiger partial charge in [0, 0.05) is 24.5 Å². The first-order valence-electron chi connectivity index (χ1n) is 8.33. The number of hydrogen-bond donors (Lipinski definition) is 1. The average Bonchev–Trinajstić information content (AvgIpc) is 2.55. The van der Waals surface area contributed by atoms with E-state index in [4.69, 9.17) is 10.5 Å². The summed E-state index contributed by atoms with van der Waals surface area (Å²) in [4.78, 5) is 14.7. The number of piperidine rings is 1. The van der Waals surface area contributed by atoms with E-state index in [0.29, 0.717) is 6.61 Å². The molecule has 0 spiro atoms. The van der Waals surface area contributed by atoms with E-state index < -0.39 is 0 Å². The molecule has 0 aliphatic carbocycles. The fraction of sp³-hybridized carbons (Fsp3) is 0.611. The molecule has 3 atom stereocenters. The standard InChI is InChI=1S/C18H28N2O2.ClH/c1-14(11-13-22-16-8-4-3-5-9-16)18(21)20-12-7-6-10-17(20)15(2)19;/h3-5,8-9,14-15,17H,6-7,10-13,19H2,1-2H3;1H. The number of likely N-dealkylation sites (tertiary alicyclic amines) is 1. The van der Waals surface area contributed by atoms with Crippen LogP contribution in [0, 0.1) is 5.92 Å². The van der Waals surface area contributed by atoms with Crippen molar-refractivity contribution in [1.29, 1.82) is 0 Å². The lowest BCUT2D eigenvalue weighted by atomic mass is 9.94. The van der Waals surface area contributed by atoms with E-state index in [9.17, 15) is 4.79 Å². The summed E-state index contributed by atoms with van der Waals surface area (Å²) >= 11 is 0. The third kappa shape index (κ3) is 5.70. The highest BCUT2D eigenvalue weighted by Gasteiger charge is 2.31. The number of hydrogen-bond acceptors (Lipinski definition) is 3. The van der Waals surface area contributed by atoms with Gasteiger partial charge in [-0.15, -0.1) is 12.4 Å². The molecule has 4 nitrogen and oxygen atoms in total. The summed E-state index contributed by atoms with van der Waals surface area (Å²) in [6.45, 7) is 5.39. The van der Waals surface area contributed by atoms with Gasteiger partial charge in [0.25, 0.3) is 0 Å². The predicted molar refractivity (Wildman–Crippen MR) is 96.0 cm³/mol. The first-order valence-corrected chi connectivity index (χ1v) is 8.33. The van der Waals surface area contributed by atoms with Gasteiger partial charge in [-0.3, -0.25) is 4.79 Å². The molecule has 2 rings (SSSR count). The van der Waals surface area contributed by atoms with Gasteiger partial charge < -0.3 is 15.4 Å². The number of carbonyl (C=O) groups is 1. The molecule has 1 aromatic carbocycles. The summed E-state index contributed by atoms with van der Waals surface area (Å²) in [7, 11) is 0. The third-order valence-electron chi connectivity index (χ3n) is 4.42. The van der Waals surface area contributed by atoms with E-state index in [-0.39, 0.29) is 36.3 Å². The highest BCUT2D eigenvalue weighted by Crippen LogP contribution is 2.22. The van der Waals surface area contributed by atoms with Crippen LogP contribution in [0.4, 0.5) is 0 Å². The molecule has 1 heterocycles. The number of ether oxygens (including phenoxy) is 1. The van der Waals surface area contributed by atoms with Gasteiger partial charge in [0.1, 0.15) is 5.75 Å². The normalized spacial score (nSPS) is 20.3. The number of nitrogens with two attached hydrogens (primary N) is 1. The fourth-order valence-corrected chi connectivity index (χ4v) is 3.05. The van der Waals surface area contributed by atoms with Gasteiger partial charge >= 0.3 is 0 Å². The van der Waals surface area contributed by atoms with Crippen molar-refractivity contribution in [2.45, 2.75) is 51.6 Å². The van der Waals surface area contributed by atoms with Gasteiger partial charge in [-0.05, 0) is 44.7 Å². The molecule has 3 unspecified atom stereocenters. The maximum atomic E-state index is 12.7. The SMILES string of the molecule is CC(CCOc1ccccc1)C(=O)N1CCCCC1C(C)N.Cl. The Labute approximate surface area is 145 Å². The number of nitrogens with zero attached hydrogens (tertiary/aromatic N) is 1. The quantitative estimate of drug-likeness (QED) is 0.864. The molecule has 1 fully saturated rings. The van der Waals surface area contributed by atoms with Gasteiger partial charge in [0.2, 0.25) is 5.91 Å². The van der Waals surface area contributed by atoms with Crippen molar-refractivity contribution in [3.8, 4) is 5.75 Å². The number of benzene rings is 1. The Morgan fingerprint density at radius 1 is 1.30 bits per heavy atom. The van der Waals surface area contributed by atoms with Crippen LogP contribution >= 0.6 is 12.4 Å². The van der Waals surface area contributed by atoms with Crippen molar-refractivity contribution in [3.05, 3.63) is 30.3 Å². The van der Waals surface area contributed by atoms with Crippen LogP contribution in [-0.2, 0) is 4.79 Å². The second-order valence-corrected chi connectivity index (χ2v) is 6.31. The first-order chi connectivity index (χ1) is 10.6. The molecule has 0 saturated carbocycles. The molecular formula is C18H29ClN2O2. The van der Waals surface area contributed by atoms with Crippen LogP contribution in [0.1, 0.15) is 39.5 Å². The van der Waals surface area contributed by atoms with E-state index in [1.165, 1.54) is 6.42 Å². The van der Waals surface area contributed by atoms with Crippen LogP contribution in [0.15, 0.2) is 30.3 Å². The highest BCUT2D eigenvalue weighted by atomic mass is 35.5. The minimum absolute atomic E-state index is 0. The van der Waals surface area contributed by atoms with Crippen molar-refractivity contribution in [3.63, 3.8) is 0 Å². The van der Waals surface area contributed by atoms with Crippen LogP contribution in [0.25, 0.3) is 0 Å². The van der Waals surface area contributed by atoms with Crippen molar-refractivity contribution in [1.82, 2.24) is 4.90 Å². The molecule has 1 amide bonds. The second kappa shape index (κ2) is 9.78. The molecule has 130 valence electrons. The van der Waals surface area contributed by atoms with Crippen molar-refractivity contribution in [2.75, 3.05) is 13.2 Å². The molecule has 1 saturated heterocycles. The van der Waals surface area contributed by atoms with Gasteiger partial charge in [-0.2, -0.15) is 0 Å². The Balaban J connectivity index is 0.00000264. The van der Waals surface area contributed by atoms with E-state index in [1.54, 1.807) is 0 Å². The van der Waals surface area contributed by atoms with Crippen LogP contribution in [0.2, 0.25) is 0 Å². The summed E-state index contributed by atoms with van der Waals surface area (Å²) in [6, 6.07) is 9.96. The van der Waals surface area contributed by atoms with Crippen molar-refractivity contribution >= 4 is 18.3 Å². The van der Waals surface area contributed by atoms with Gasteiger partial charge in [0.15, 0.2) is 0 Å². The maximum Gasteiger partial charge on any atom is 0.225 e. The molecule has 1 aromatic rings. The summed E-state index contributed by atoms with van der Waals surface area (Å²) in [5.41, 5.74) is 6.05. The van der Waals surface area contributed by atoms with Crippen LogP contribution in [0.5, 0.6) is 5.75 Å². The first kappa shape index (κ1) is 19.8. The summed E-state index contributed by atoms with van der Waals surface area (Å²) in [5.74, 6) is 1.05. The highest BCUT2D eigenvalue weighted by molar-refractivity contribution is 5.85. The predicted octanol–water partition coefficient (Wildman–Crippen LogP) is 3.24. The zero-order valence-corrected chi connectivity index (χ0v) is 14.9. The number of carbonyl (C=O) groups excluding carboxylic acids is 1. The lowest BCUT2D eigenvalue weighted by molar-refractivity contribution is -0.139. The minimum atomic E-state index is -0.0249. The maximum absolute atomic E-state index is 12.7. The smallest absolute Gasteiger partial charge is 0.225 e. The van der Waals surface area contributed by atoms with Crippen molar-refractivity contribution < 1.29 is 9.53 Å². The van der Waals surface area contributed by atoms with E-state index in [1.807, 2.05) is 49.1 Å². The summed E-state index contributed by atoms with van der Waals surface area (Å²) < 4.78 is 5.69. The Hall–Kier alpha value is -1.26. The molecule has 0 aromatic heterocycles. The summed E-state index contributed by atoms with van der Waals surface area (Å²) in [5, 5.41) is 0. The molecule has 5 heteroatoms. The average molecular weight is 341 g/mol. The molecule has 23 heavy (non-hydrogen) atoms. The number of rotatable bonds is 6. The van der Waals surface area contributed by atoms with Gasteiger partial charge in [-0.25, -0.2) is 0 Å². The Morgan fingerprint density at radius 2 is 2.00 bits per heavy atom. The molecule has 0 radical (unpaired) electrons. The lowest BCUT2D eigenvalue weighted by Crippen LogP contribution is -2.53. The van der Waals surface area contributed by atoms with E-state index in [2.05, 4.69) is 0 Å². The lowest BCUT2D eigenvalue weighted by Gasteiger charge is -2.39. The van der Waals surface area contributed by atoms with E-state index in [0.717, 1.165) is 31.6 Å². The molecule has 1 aliphatic heterocycles. The Kier molecular flexibility index (Phi) is 8.42. The topological polar surface area (TPSA) is 55.6 Å². The molecule has 0 bridgehead atoms. The van der Waals surface area contributed by atoms with Gasteiger partial charge in [0.05, 0.1) is 6.61 Å². The van der Waals surface area contributed by atoms with Crippen LogP contribution in [-0.4, -0.2) is 36.0 Å². The molecule has 1 aliphatic rings. The Bertz CT molecular complexity index is 467. The zero-order valence-electron chi connectivity index (χ0n) is 14.1. The molecule has 2 N–H and O–H groups in total. The van der Waals surface area contributed by atoms with Crippen LogP contribution < -0.4 is 10.5 Å². The number of halogens is 1. The van der Waals surface area contributed by atoms with Crippen LogP contribution in [0.3, 0.4) is 0 Å². The Morgan fingerprint density at radius 3 is 2.65 bits per heavy atom. The second-order valence-electron chi connectivity index (χ2n) is 6.31.